The van der Waals surface area contributed by atoms with Crippen molar-refractivity contribution in [2.75, 3.05) is 13.1 Å². The van der Waals surface area contributed by atoms with E-state index in [1.54, 1.807) is 0 Å². The second-order valence-corrected chi connectivity index (χ2v) is 15.5. The molecular weight excluding hydrogens is 693 g/mol. The second-order valence-electron chi connectivity index (χ2n) is 15.5. The Hall–Kier alpha value is -5.76. The van der Waals surface area contributed by atoms with E-state index in [-0.39, 0.29) is 23.9 Å². The van der Waals surface area contributed by atoms with Crippen molar-refractivity contribution in [1.82, 2.24) is 29.7 Å². The van der Waals surface area contributed by atoms with Crippen LogP contribution in [-0.4, -0.2) is 54.6 Å². The van der Waals surface area contributed by atoms with Crippen LogP contribution in [0, 0.1) is 13.8 Å². The van der Waals surface area contributed by atoms with Gasteiger partial charge in [0, 0.05) is 31.5 Å². The quantitative estimate of drug-likeness (QED) is 0.123. The summed E-state index contributed by atoms with van der Waals surface area (Å²) in [5.41, 5.74) is 11.5. The highest BCUT2D eigenvalue weighted by Crippen LogP contribution is 2.37. The fourth-order valence-corrected chi connectivity index (χ4v) is 8.71. The number of hydrogen-bond acceptors (Lipinski definition) is 4. The number of carbonyl (C=O) groups is 2. The summed E-state index contributed by atoms with van der Waals surface area (Å²) in [5, 5.41) is 0. The molecule has 2 fully saturated rings. The number of aromatic amines is 2. The van der Waals surface area contributed by atoms with E-state index < -0.39 is 0 Å². The predicted molar refractivity (Wildman–Crippen MR) is 223 cm³/mol. The molecule has 0 radical (unpaired) electrons. The van der Waals surface area contributed by atoms with Gasteiger partial charge in [0.2, 0.25) is 11.8 Å². The zero-order chi connectivity index (χ0) is 38.4. The topological polar surface area (TPSA) is 98.0 Å². The van der Waals surface area contributed by atoms with Gasteiger partial charge in [0.05, 0.1) is 35.9 Å². The lowest BCUT2D eigenvalue weighted by molar-refractivity contribution is -0.133. The van der Waals surface area contributed by atoms with Gasteiger partial charge in [-0.25, -0.2) is 9.97 Å². The molecule has 2 atom stereocenters. The van der Waals surface area contributed by atoms with E-state index in [4.69, 9.17) is 9.97 Å². The van der Waals surface area contributed by atoms with Gasteiger partial charge >= 0.3 is 0 Å². The Kier molecular flexibility index (Phi) is 11.2. The van der Waals surface area contributed by atoms with Crippen LogP contribution in [0.25, 0.3) is 33.6 Å². The van der Waals surface area contributed by atoms with Crippen LogP contribution in [0.2, 0.25) is 0 Å². The number of hydrogen-bond donors (Lipinski definition) is 2. The molecule has 2 saturated heterocycles. The van der Waals surface area contributed by atoms with Gasteiger partial charge in [-0.05, 0) is 104 Å². The van der Waals surface area contributed by atoms with E-state index in [9.17, 15) is 9.59 Å². The van der Waals surface area contributed by atoms with Crippen LogP contribution < -0.4 is 0 Å². The van der Waals surface area contributed by atoms with Crippen molar-refractivity contribution in [3.05, 3.63) is 143 Å². The van der Waals surface area contributed by atoms with Crippen LogP contribution in [0.4, 0.5) is 0 Å². The number of benzene rings is 4. The fourth-order valence-electron chi connectivity index (χ4n) is 8.71. The molecule has 2 aliphatic heterocycles. The average molecular weight is 745 g/mol. The number of imidazole rings is 2. The molecule has 2 N–H and O–H groups in total. The number of aromatic nitrogens is 4. The third-order valence-electron chi connectivity index (χ3n) is 12.0. The molecule has 6 aromatic rings. The number of rotatable bonds is 13. The minimum atomic E-state index is -0.00660. The molecule has 56 heavy (non-hydrogen) atoms. The van der Waals surface area contributed by atoms with Crippen LogP contribution >= 0.6 is 0 Å². The Morgan fingerprint density at radius 3 is 1.61 bits per heavy atom. The van der Waals surface area contributed by atoms with Gasteiger partial charge in [0.25, 0.3) is 0 Å². The van der Waals surface area contributed by atoms with Crippen molar-refractivity contribution in [2.24, 2.45) is 0 Å². The molecule has 2 amide bonds. The molecule has 0 spiro atoms. The van der Waals surface area contributed by atoms with Gasteiger partial charge in [-0.1, -0.05) is 97.1 Å². The largest absolute Gasteiger partial charge is 0.340 e. The first-order valence-electron chi connectivity index (χ1n) is 20.4. The summed E-state index contributed by atoms with van der Waals surface area (Å²) in [6.45, 7) is 5.93. The maximum atomic E-state index is 13.3. The molecule has 4 aromatic carbocycles. The lowest BCUT2D eigenvalue weighted by Crippen LogP contribution is -2.31. The van der Waals surface area contributed by atoms with Gasteiger partial charge in [-0.2, -0.15) is 0 Å². The number of carbonyl (C=O) groups excluding carboxylic acids is 2. The lowest BCUT2D eigenvalue weighted by atomic mass is 9.92. The molecular formula is C48H52N6O2. The van der Waals surface area contributed by atoms with Gasteiger partial charge in [0.1, 0.15) is 11.6 Å². The van der Waals surface area contributed by atoms with Gasteiger partial charge < -0.3 is 19.8 Å². The van der Waals surface area contributed by atoms with Crippen molar-refractivity contribution >= 4 is 11.8 Å². The van der Waals surface area contributed by atoms with Crippen molar-refractivity contribution in [3.8, 4) is 33.6 Å². The minimum absolute atomic E-state index is 0.00269. The number of likely N-dealkylation sites (tertiary alicyclic amines) is 2. The van der Waals surface area contributed by atoms with E-state index in [0.29, 0.717) is 12.8 Å². The van der Waals surface area contributed by atoms with Crippen molar-refractivity contribution in [2.45, 2.75) is 90.1 Å². The zero-order valence-electron chi connectivity index (χ0n) is 32.6. The maximum Gasteiger partial charge on any atom is 0.223 e. The van der Waals surface area contributed by atoms with Crippen LogP contribution in [0.15, 0.2) is 109 Å². The highest BCUT2D eigenvalue weighted by atomic mass is 16.2. The first kappa shape index (κ1) is 37.2. The SMILES string of the molecule is Cc1c(-c2ccc(-c3cnc(C4CCCN4C(=O)CCCc4ccccc4)[nH]3)cc2)ccc(-c2cnc([C@@H]3CCCN3C(=O)CCCc3ccccc3)[nH]2)c1C. The molecule has 286 valence electrons. The Morgan fingerprint density at radius 2 is 1.05 bits per heavy atom. The van der Waals surface area contributed by atoms with Crippen LogP contribution in [-0.2, 0) is 22.4 Å². The molecule has 0 aliphatic carbocycles. The standard InChI is InChI=1S/C48H52N6O2/c1-33-34(2)40(42-32-50-48(52-42)44-20-12-30-54(44)46(56)22-10-18-36-15-7-4-8-16-36)28-27-39(33)37-23-25-38(26-24-37)41-31-49-47(51-41)43-19-11-29-53(43)45(55)21-9-17-35-13-5-3-6-14-35/h3-8,13-16,23-28,31-32,43-44H,9-12,17-22,29-30H2,1-2H3,(H,49,51)(H,50,52)/t43?,44-/m0/s1. The Bertz CT molecular complexity index is 2260. The predicted octanol–water partition coefficient (Wildman–Crippen LogP) is 10.1. The second kappa shape index (κ2) is 16.9. The van der Waals surface area contributed by atoms with Gasteiger partial charge in [0.15, 0.2) is 0 Å². The molecule has 2 aromatic heterocycles. The zero-order valence-corrected chi connectivity index (χ0v) is 32.6. The first-order chi connectivity index (χ1) is 27.4. The summed E-state index contributed by atoms with van der Waals surface area (Å²) in [7, 11) is 0. The maximum absolute atomic E-state index is 13.3. The van der Waals surface area contributed by atoms with Gasteiger partial charge in [-0.15, -0.1) is 0 Å². The molecule has 4 heterocycles. The van der Waals surface area contributed by atoms with E-state index in [2.05, 4.69) is 109 Å². The third kappa shape index (κ3) is 8.11. The van der Waals surface area contributed by atoms with Crippen LogP contribution in [0.1, 0.15) is 97.4 Å². The summed E-state index contributed by atoms with van der Waals surface area (Å²) in [6, 6.07) is 33.8. The highest BCUT2D eigenvalue weighted by molar-refractivity contribution is 5.79. The van der Waals surface area contributed by atoms with Gasteiger partial charge in [-0.3, -0.25) is 9.59 Å². The number of amides is 2. The Labute approximate surface area is 330 Å². The minimum Gasteiger partial charge on any atom is -0.340 e. The normalized spacial score (nSPS) is 16.8. The van der Waals surface area contributed by atoms with Crippen LogP contribution in [0.3, 0.4) is 0 Å². The van der Waals surface area contributed by atoms with E-state index in [0.717, 1.165) is 104 Å². The lowest BCUT2D eigenvalue weighted by Gasteiger charge is -2.23. The number of aryl methyl sites for hydroxylation is 2. The summed E-state index contributed by atoms with van der Waals surface area (Å²) in [6.07, 6.45) is 12.3. The van der Waals surface area contributed by atoms with Crippen molar-refractivity contribution in [1.29, 1.82) is 0 Å². The summed E-state index contributed by atoms with van der Waals surface area (Å²) in [5.74, 6) is 2.18. The summed E-state index contributed by atoms with van der Waals surface area (Å²) < 4.78 is 0. The third-order valence-corrected chi connectivity index (χ3v) is 12.0. The number of nitrogens with one attached hydrogen (secondary N) is 2. The van der Waals surface area contributed by atoms with E-state index in [1.807, 2.05) is 34.3 Å². The van der Waals surface area contributed by atoms with E-state index >= 15 is 0 Å². The summed E-state index contributed by atoms with van der Waals surface area (Å²) in [4.78, 5) is 47.3. The van der Waals surface area contributed by atoms with Crippen molar-refractivity contribution in [3.63, 3.8) is 0 Å². The average Bonchev–Trinajstić information content (AvgIpc) is 4.07. The smallest absolute Gasteiger partial charge is 0.223 e. The summed E-state index contributed by atoms with van der Waals surface area (Å²) >= 11 is 0. The molecule has 2 aliphatic rings. The van der Waals surface area contributed by atoms with E-state index in [1.165, 1.54) is 27.8 Å². The fraction of sp³-hybridized carbons (Fsp3) is 0.333. The molecule has 8 nitrogen and oxygen atoms in total. The molecule has 1 unspecified atom stereocenters. The molecule has 8 rings (SSSR count). The molecule has 0 saturated carbocycles. The van der Waals surface area contributed by atoms with Crippen molar-refractivity contribution < 1.29 is 9.59 Å². The Balaban J connectivity index is 0.898. The molecule has 0 bridgehead atoms. The molecule has 8 heteroatoms. The first-order valence-corrected chi connectivity index (χ1v) is 20.4. The monoisotopic (exact) mass is 744 g/mol. The van der Waals surface area contributed by atoms with Crippen LogP contribution in [0.5, 0.6) is 0 Å². The number of H-pyrrole nitrogens is 2. The highest BCUT2D eigenvalue weighted by Gasteiger charge is 2.33. The Morgan fingerprint density at radius 1 is 0.589 bits per heavy atom. The number of nitrogens with zero attached hydrogens (tertiary/aromatic N) is 4.